The predicted molar refractivity (Wildman–Crippen MR) is 40.0 cm³/mol. The van der Waals surface area contributed by atoms with Gasteiger partial charge in [0.1, 0.15) is 10.6 Å². The maximum absolute atomic E-state index is 10.6. The van der Waals surface area contributed by atoms with Crippen LogP contribution in [-0.4, -0.2) is 10.6 Å². The summed E-state index contributed by atoms with van der Waals surface area (Å²) in [5, 5.41) is 0. The lowest BCUT2D eigenvalue weighted by Gasteiger charge is -2.10. The number of hydrogen-bond acceptors (Lipinski definition) is 1. The van der Waals surface area contributed by atoms with Crippen LogP contribution in [0.4, 0.5) is 0 Å². The fourth-order valence-corrected chi connectivity index (χ4v) is 1.35. The number of carbonyl (C=O) groups excluding carboxylic acids is 1. The van der Waals surface area contributed by atoms with E-state index in [4.69, 9.17) is 23.2 Å². The molecule has 0 aliphatic carbocycles. The third kappa shape index (κ3) is 3.07. The molecule has 0 N–H and O–H groups in total. The third-order valence-corrected chi connectivity index (χ3v) is 1.87. The summed E-state index contributed by atoms with van der Waals surface area (Å²) in [6.45, 7) is 3.40. The molecule has 0 rings (SSSR count). The summed E-state index contributed by atoms with van der Waals surface area (Å²) >= 11 is 11.0. The number of Topliss-reactive ketones (excluding diaryl/α,β-unsaturated/α-hetero) is 1. The van der Waals surface area contributed by atoms with E-state index < -0.39 is 4.84 Å². The summed E-state index contributed by atoms with van der Waals surface area (Å²) in [4.78, 5) is 10.1. The van der Waals surface area contributed by atoms with Gasteiger partial charge in [-0.1, -0.05) is 6.92 Å². The van der Waals surface area contributed by atoms with E-state index >= 15 is 0 Å². The van der Waals surface area contributed by atoms with Crippen LogP contribution < -0.4 is 0 Å². The van der Waals surface area contributed by atoms with Crippen molar-refractivity contribution in [1.82, 2.24) is 0 Å². The monoisotopic (exact) mass is 168 g/mol. The van der Waals surface area contributed by atoms with E-state index in [1.54, 1.807) is 0 Å². The molecule has 0 aromatic rings. The van der Waals surface area contributed by atoms with Crippen LogP contribution in [0.3, 0.4) is 0 Å². The van der Waals surface area contributed by atoms with E-state index in [9.17, 15) is 4.79 Å². The van der Waals surface area contributed by atoms with Crippen LogP contribution in [0.15, 0.2) is 0 Å². The molecular weight excluding hydrogens is 159 g/mol. The predicted octanol–water partition coefficient (Wildman–Crippen LogP) is 2.41. The molecule has 0 aromatic heterocycles. The summed E-state index contributed by atoms with van der Waals surface area (Å²) in [6, 6.07) is 0. The highest BCUT2D eigenvalue weighted by atomic mass is 35.5. The Morgan fingerprint density at radius 2 is 2.00 bits per heavy atom. The van der Waals surface area contributed by atoms with Crippen LogP contribution in [0.2, 0.25) is 0 Å². The van der Waals surface area contributed by atoms with Gasteiger partial charge in [0.15, 0.2) is 0 Å². The summed E-state index contributed by atoms with van der Waals surface area (Å²) in [5.74, 6) is -0.124. The first-order valence-electron chi connectivity index (χ1n) is 2.88. The van der Waals surface area contributed by atoms with Crippen molar-refractivity contribution in [2.75, 3.05) is 0 Å². The SMILES string of the molecule is CCC(C(C)=O)C(Cl)Cl. The van der Waals surface area contributed by atoms with Crippen molar-refractivity contribution in [1.29, 1.82) is 0 Å². The zero-order valence-electron chi connectivity index (χ0n) is 5.53. The molecule has 0 saturated carbocycles. The van der Waals surface area contributed by atoms with E-state index in [0.717, 1.165) is 0 Å². The largest absolute Gasteiger partial charge is 0.300 e. The fourth-order valence-electron chi connectivity index (χ4n) is 0.643. The van der Waals surface area contributed by atoms with E-state index in [1.165, 1.54) is 6.92 Å². The van der Waals surface area contributed by atoms with Crippen molar-refractivity contribution in [3.8, 4) is 0 Å². The number of hydrogen-bond donors (Lipinski definition) is 0. The third-order valence-electron chi connectivity index (χ3n) is 1.27. The molecule has 0 amide bonds. The number of halogens is 2. The second-order valence-electron chi connectivity index (χ2n) is 1.96. The maximum atomic E-state index is 10.6. The van der Waals surface area contributed by atoms with Gasteiger partial charge in [0.05, 0.1) is 0 Å². The van der Waals surface area contributed by atoms with Crippen molar-refractivity contribution in [3.05, 3.63) is 0 Å². The number of rotatable bonds is 3. The normalized spacial score (nSPS) is 13.9. The van der Waals surface area contributed by atoms with Crippen molar-refractivity contribution in [2.24, 2.45) is 5.92 Å². The lowest BCUT2D eigenvalue weighted by Crippen LogP contribution is -2.16. The van der Waals surface area contributed by atoms with Gasteiger partial charge in [-0.25, -0.2) is 0 Å². The molecule has 3 heteroatoms. The Hall–Kier alpha value is 0.250. The minimum absolute atomic E-state index is 0.0625. The maximum Gasteiger partial charge on any atom is 0.135 e. The molecule has 0 fully saturated rings. The van der Waals surface area contributed by atoms with Crippen LogP contribution >= 0.6 is 23.2 Å². The average molecular weight is 169 g/mol. The standard InChI is InChI=1S/C6H10Cl2O/c1-3-5(4(2)9)6(7)8/h5-6H,3H2,1-2H3. The quantitative estimate of drug-likeness (QED) is 0.593. The summed E-state index contributed by atoms with van der Waals surface area (Å²) < 4.78 is 0. The zero-order chi connectivity index (χ0) is 7.44. The number of alkyl halides is 2. The first kappa shape index (κ1) is 9.25. The molecule has 54 valence electrons. The zero-order valence-corrected chi connectivity index (χ0v) is 7.04. The molecule has 0 bridgehead atoms. The van der Waals surface area contributed by atoms with Crippen LogP contribution in [0.1, 0.15) is 20.3 Å². The minimum atomic E-state index is -0.549. The Morgan fingerprint density at radius 1 is 1.56 bits per heavy atom. The van der Waals surface area contributed by atoms with Gasteiger partial charge in [0.25, 0.3) is 0 Å². The summed E-state index contributed by atoms with van der Waals surface area (Å²) in [6.07, 6.45) is 0.715. The Labute approximate surface area is 65.3 Å². The molecule has 0 aliphatic rings. The highest BCUT2D eigenvalue weighted by Gasteiger charge is 2.18. The van der Waals surface area contributed by atoms with Gasteiger partial charge in [0.2, 0.25) is 0 Å². The minimum Gasteiger partial charge on any atom is -0.300 e. The Balaban J connectivity index is 3.83. The van der Waals surface area contributed by atoms with Gasteiger partial charge >= 0.3 is 0 Å². The molecule has 9 heavy (non-hydrogen) atoms. The Kier molecular flexibility index (Phi) is 4.24. The molecular formula is C6H10Cl2O. The molecule has 0 heterocycles. The molecule has 1 atom stereocenters. The smallest absolute Gasteiger partial charge is 0.135 e. The summed E-state index contributed by atoms with van der Waals surface area (Å²) in [7, 11) is 0. The van der Waals surface area contributed by atoms with Crippen molar-refractivity contribution in [3.63, 3.8) is 0 Å². The van der Waals surface area contributed by atoms with Gasteiger partial charge in [0, 0.05) is 5.92 Å². The van der Waals surface area contributed by atoms with Crippen LogP contribution in [-0.2, 0) is 4.79 Å². The molecule has 0 spiro atoms. The molecule has 0 saturated heterocycles. The highest BCUT2D eigenvalue weighted by molar-refractivity contribution is 6.45. The lowest BCUT2D eigenvalue weighted by molar-refractivity contribution is -0.120. The molecule has 0 aromatic carbocycles. The van der Waals surface area contributed by atoms with E-state index in [2.05, 4.69) is 0 Å². The average Bonchev–Trinajstić information content (AvgIpc) is 1.64. The van der Waals surface area contributed by atoms with Gasteiger partial charge in [-0.3, -0.25) is 4.79 Å². The highest BCUT2D eigenvalue weighted by Crippen LogP contribution is 2.18. The van der Waals surface area contributed by atoms with Gasteiger partial charge in [-0.15, -0.1) is 23.2 Å². The van der Waals surface area contributed by atoms with E-state index in [0.29, 0.717) is 6.42 Å². The van der Waals surface area contributed by atoms with Gasteiger partial charge in [-0.2, -0.15) is 0 Å². The first-order chi connectivity index (χ1) is 4.09. The van der Waals surface area contributed by atoms with Gasteiger partial charge in [-0.05, 0) is 13.3 Å². The topological polar surface area (TPSA) is 17.1 Å². The van der Waals surface area contributed by atoms with Crippen molar-refractivity contribution >= 4 is 29.0 Å². The van der Waals surface area contributed by atoms with Crippen LogP contribution in [0.25, 0.3) is 0 Å². The molecule has 1 unspecified atom stereocenters. The molecule has 0 aliphatic heterocycles. The second kappa shape index (κ2) is 4.13. The Bertz CT molecular complexity index is 101. The van der Waals surface area contributed by atoms with E-state index in [1.807, 2.05) is 6.92 Å². The van der Waals surface area contributed by atoms with Crippen LogP contribution in [0, 0.1) is 5.92 Å². The fraction of sp³-hybridized carbons (Fsp3) is 0.833. The second-order valence-corrected chi connectivity index (χ2v) is 3.12. The number of carbonyl (C=O) groups is 1. The molecule has 0 radical (unpaired) electrons. The van der Waals surface area contributed by atoms with Crippen molar-refractivity contribution in [2.45, 2.75) is 25.1 Å². The van der Waals surface area contributed by atoms with Gasteiger partial charge < -0.3 is 0 Å². The van der Waals surface area contributed by atoms with Crippen LogP contribution in [0.5, 0.6) is 0 Å². The summed E-state index contributed by atoms with van der Waals surface area (Å²) in [5.41, 5.74) is 0. The van der Waals surface area contributed by atoms with Crippen molar-refractivity contribution < 1.29 is 4.79 Å². The first-order valence-corrected chi connectivity index (χ1v) is 3.75. The Morgan fingerprint density at radius 3 is 2.00 bits per heavy atom. The molecule has 1 nitrogen and oxygen atoms in total. The van der Waals surface area contributed by atoms with E-state index in [-0.39, 0.29) is 11.7 Å². The number of ketones is 1. The lowest BCUT2D eigenvalue weighted by atomic mass is 10.1.